The summed E-state index contributed by atoms with van der Waals surface area (Å²) in [4.78, 5) is 0. The van der Waals surface area contributed by atoms with E-state index >= 15 is 0 Å². The third kappa shape index (κ3) is 4.65. The van der Waals surface area contributed by atoms with Gasteiger partial charge in [0, 0.05) is 16.8 Å². The van der Waals surface area contributed by atoms with E-state index in [1.54, 1.807) is 23.9 Å². The molecule has 0 fully saturated rings. The number of benzene rings is 2. The van der Waals surface area contributed by atoms with Crippen molar-refractivity contribution in [3.8, 4) is 5.75 Å². The van der Waals surface area contributed by atoms with Crippen molar-refractivity contribution in [1.29, 1.82) is 0 Å². The Balaban J connectivity index is 1.71. The molecule has 1 atom stereocenters. The molecule has 0 N–H and O–H groups in total. The summed E-state index contributed by atoms with van der Waals surface area (Å²) >= 11 is 5.14. The number of rotatable bonds is 7. The van der Waals surface area contributed by atoms with E-state index in [0.717, 1.165) is 27.8 Å². The average molecular weight is 436 g/mol. The Morgan fingerprint density at radius 1 is 1.19 bits per heavy atom. The van der Waals surface area contributed by atoms with Crippen LogP contribution >= 0.6 is 27.7 Å². The normalized spacial score (nSPS) is 12.2. The van der Waals surface area contributed by atoms with Gasteiger partial charge in [-0.15, -0.1) is 10.2 Å². The van der Waals surface area contributed by atoms with E-state index in [-0.39, 0.29) is 11.9 Å². The first kappa shape index (κ1) is 18.9. The van der Waals surface area contributed by atoms with Gasteiger partial charge in [-0.25, -0.2) is 4.39 Å². The average Bonchev–Trinajstić information content (AvgIpc) is 3.05. The van der Waals surface area contributed by atoms with Crippen molar-refractivity contribution >= 4 is 27.7 Å². The second kappa shape index (κ2) is 8.68. The lowest BCUT2D eigenvalue weighted by Gasteiger charge is -2.15. The highest BCUT2D eigenvalue weighted by atomic mass is 79.9. The summed E-state index contributed by atoms with van der Waals surface area (Å²) in [6.45, 7) is 4.73. The minimum absolute atomic E-state index is 0.284. The van der Waals surface area contributed by atoms with Crippen molar-refractivity contribution < 1.29 is 9.13 Å². The lowest BCUT2D eigenvalue weighted by Crippen LogP contribution is -2.12. The van der Waals surface area contributed by atoms with Crippen LogP contribution in [0.25, 0.3) is 0 Å². The molecule has 0 aliphatic rings. The van der Waals surface area contributed by atoms with Crippen molar-refractivity contribution in [2.75, 3.05) is 0 Å². The zero-order valence-corrected chi connectivity index (χ0v) is 16.9. The first-order valence-electron chi connectivity index (χ1n) is 8.29. The zero-order valence-electron chi connectivity index (χ0n) is 14.5. The smallest absolute Gasteiger partial charge is 0.191 e. The summed E-state index contributed by atoms with van der Waals surface area (Å²) in [5, 5.41) is 9.50. The maximum Gasteiger partial charge on any atom is 0.191 e. The van der Waals surface area contributed by atoms with Crippen molar-refractivity contribution in [3.63, 3.8) is 0 Å². The van der Waals surface area contributed by atoms with Gasteiger partial charge in [0.15, 0.2) is 17.1 Å². The topological polar surface area (TPSA) is 39.9 Å². The molecule has 0 amide bonds. The van der Waals surface area contributed by atoms with E-state index in [2.05, 4.69) is 49.8 Å². The lowest BCUT2D eigenvalue weighted by atomic mass is 10.2. The van der Waals surface area contributed by atoms with Crippen LogP contribution in [0.4, 0.5) is 4.39 Å². The van der Waals surface area contributed by atoms with Gasteiger partial charge in [-0.2, -0.15) is 0 Å². The maximum atomic E-state index is 13.0. The van der Waals surface area contributed by atoms with Crippen molar-refractivity contribution in [2.45, 2.75) is 37.4 Å². The van der Waals surface area contributed by atoms with Crippen LogP contribution in [-0.4, -0.2) is 14.8 Å². The molecule has 3 aromatic rings. The molecule has 1 unspecified atom stereocenters. The molecule has 0 aliphatic heterocycles. The monoisotopic (exact) mass is 435 g/mol. The van der Waals surface area contributed by atoms with Crippen molar-refractivity contribution in [1.82, 2.24) is 14.8 Å². The molecule has 4 nitrogen and oxygen atoms in total. The Labute approximate surface area is 164 Å². The summed E-state index contributed by atoms with van der Waals surface area (Å²) in [5.74, 6) is 1.89. The van der Waals surface area contributed by atoms with E-state index in [1.165, 1.54) is 17.7 Å². The van der Waals surface area contributed by atoms with Crippen LogP contribution in [0.3, 0.4) is 0 Å². The zero-order chi connectivity index (χ0) is 18.5. The van der Waals surface area contributed by atoms with Gasteiger partial charge in [0.05, 0.1) is 0 Å². The highest BCUT2D eigenvalue weighted by Gasteiger charge is 2.18. The van der Waals surface area contributed by atoms with Crippen LogP contribution in [0.1, 0.15) is 31.3 Å². The number of ether oxygens (including phenoxy) is 1. The summed E-state index contributed by atoms with van der Waals surface area (Å²) in [6, 6.07) is 14.2. The molecule has 2 aromatic carbocycles. The highest BCUT2D eigenvalue weighted by Crippen LogP contribution is 2.27. The third-order valence-electron chi connectivity index (χ3n) is 3.81. The standard InChI is InChI=1S/C19H19BrFN3OS/c1-3-24-18(13(2)25-17-9-7-16(21)8-10-17)22-23-19(24)26-12-14-5-4-6-15(20)11-14/h4-11,13H,3,12H2,1-2H3. The highest BCUT2D eigenvalue weighted by molar-refractivity contribution is 9.10. The fourth-order valence-electron chi connectivity index (χ4n) is 2.55. The predicted octanol–water partition coefficient (Wildman–Crippen LogP) is 5.63. The van der Waals surface area contributed by atoms with Gasteiger partial charge in [-0.1, -0.05) is 39.8 Å². The van der Waals surface area contributed by atoms with Crippen LogP contribution in [0.5, 0.6) is 5.75 Å². The minimum atomic E-state index is -0.284. The number of nitrogens with zero attached hydrogens (tertiary/aromatic N) is 3. The molecule has 136 valence electrons. The van der Waals surface area contributed by atoms with Gasteiger partial charge in [-0.05, 0) is 55.8 Å². The number of hydrogen-bond donors (Lipinski definition) is 0. The Morgan fingerprint density at radius 2 is 1.96 bits per heavy atom. The molecule has 0 spiro atoms. The van der Waals surface area contributed by atoms with Crippen LogP contribution in [0.2, 0.25) is 0 Å². The first-order valence-corrected chi connectivity index (χ1v) is 10.1. The Morgan fingerprint density at radius 3 is 2.65 bits per heavy atom. The summed E-state index contributed by atoms with van der Waals surface area (Å²) < 4.78 is 22.0. The van der Waals surface area contributed by atoms with E-state index in [9.17, 15) is 4.39 Å². The SMILES string of the molecule is CCn1c(SCc2cccc(Br)c2)nnc1C(C)Oc1ccc(F)cc1. The Bertz CT molecular complexity index is 869. The first-order chi connectivity index (χ1) is 12.6. The van der Waals surface area contributed by atoms with E-state index in [4.69, 9.17) is 4.74 Å². The summed E-state index contributed by atoms with van der Waals surface area (Å²) in [5.41, 5.74) is 1.21. The molecular formula is C19H19BrFN3OS. The Hall–Kier alpha value is -1.86. The van der Waals surface area contributed by atoms with Crippen LogP contribution in [0, 0.1) is 5.82 Å². The van der Waals surface area contributed by atoms with Gasteiger partial charge in [0.2, 0.25) is 0 Å². The third-order valence-corrected chi connectivity index (χ3v) is 5.34. The maximum absolute atomic E-state index is 13.0. The van der Waals surface area contributed by atoms with Gasteiger partial charge in [0.1, 0.15) is 11.6 Å². The molecular weight excluding hydrogens is 417 g/mol. The second-order valence-electron chi connectivity index (χ2n) is 5.72. The lowest BCUT2D eigenvalue weighted by molar-refractivity contribution is 0.209. The van der Waals surface area contributed by atoms with E-state index < -0.39 is 0 Å². The molecule has 0 bridgehead atoms. The van der Waals surface area contributed by atoms with Gasteiger partial charge < -0.3 is 9.30 Å². The van der Waals surface area contributed by atoms with Gasteiger partial charge in [0.25, 0.3) is 0 Å². The number of aromatic nitrogens is 3. The summed E-state index contributed by atoms with van der Waals surface area (Å²) in [6.07, 6.45) is -0.284. The molecule has 1 aromatic heterocycles. The Kier molecular flexibility index (Phi) is 6.32. The quantitative estimate of drug-likeness (QED) is 0.450. The molecule has 0 radical (unpaired) electrons. The molecule has 0 saturated heterocycles. The fourth-order valence-corrected chi connectivity index (χ4v) is 3.95. The molecule has 3 rings (SSSR count). The van der Waals surface area contributed by atoms with E-state index in [0.29, 0.717) is 5.75 Å². The molecule has 26 heavy (non-hydrogen) atoms. The predicted molar refractivity (Wildman–Crippen MR) is 105 cm³/mol. The van der Waals surface area contributed by atoms with Crippen molar-refractivity contribution in [2.24, 2.45) is 0 Å². The van der Waals surface area contributed by atoms with E-state index in [1.807, 2.05) is 19.1 Å². The number of hydrogen-bond acceptors (Lipinski definition) is 4. The molecule has 7 heteroatoms. The van der Waals surface area contributed by atoms with Gasteiger partial charge in [-0.3, -0.25) is 0 Å². The largest absolute Gasteiger partial charge is 0.483 e. The minimum Gasteiger partial charge on any atom is -0.483 e. The molecule has 0 aliphatic carbocycles. The van der Waals surface area contributed by atoms with Crippen LogP contribution in [-0.2, 0) is 12.3 Å². The fraction of sp³-hybridized carbons (Fsp3) is 0.263. The second-order valence-corrected chi connectivity index (χ2v) is 7.58. The number of thioether (sulfide) groups is 1. The van der Waals surface area contributed by atoms with Gasteiger partial charge >= 0.3 is 0 Å². The van der Waals surface area contributed by atoms with Crippen LogP contribution < -0.4 is 4.74 Å². The number of halogens is 2. The molecule has 1 heterocycles. The van der Waals surface area contributed by atoms with Crippen molar-refractivity contribution in [3.05, 3.63) is 70.2 Å². The molecule has 0 saturated carbocycles. The van der Waals surface area contributed by atoms with Crippen LogP contribution in [0.15, 0.2) is 58.2 Å². The summed E-state index contributed by atoms with van der Waals surface area (Å²) in [7, 11) is 0.